The number of halogens is 1. The average molecular weight is 453 g/mol. The van der Waals surface area contributed by atoms with Gasteiger partial charge in [0.15, 0.2) is 5.96 Å². The number of nitrogens with one attached hydrogen (secondary N) is 2. The number of pyridine rings is 1. The highest BCUT2D eigenvalue weighted by atomic mass is 127. The van der Waals surface area contributed by atoms with Gasteiger partial charge in [0.25, 0.3) is 0 Å². The Kier molecular flexibility index (Phi) is 10.1. The second-order valence-corrected chi connectivity index (χ2v) is 5.93. The molecule has 6 heteroatoms. The quantitative estimate of drug-likeness (QED) is 0.385. The number of aliphatic imine (C=N–C) groups is 1. The standard InChI is InChI=1S/C19H27N5.HI/c1-20-19(22-13-11-18-10-6-7-12-21-18)23-14-16-8-4-5-9-17(16)15-24(2)3;/h4-10,12H,11,13-15H2,1-3H3,(H2,20,22,23);1H. The fraction of sp³-hybridized carbons (Fsp3) is 0.368. The van der Waals surface area contributed by atoms with Crippen LogP contribution in [0.2, 0.25) is 0 Å². The van der Waals surface area contributed by atoms with Crippen molar-refractivity contribution in [2.45, 2.75) is 19.5 Å². The number of hydrogen-bond donors (Lipinski definition) is 2. The smallest absolute Gasteiger partial charge is 0.191 e. The Morgan fingerprint density at radius 3 is 2.40 bits per heavy atom. The molecule has 0 aliphatic rings. The van der Waals surface area contributed by atoms with Crippen molar-refractivity contribution < 1.29 is 0 Å². The van der Waals surface area contributed by atoms with E-state index in [1.807, 2.05) is 24.4 Å². The molecule has 0 saturated carbocycles. The van der Waals surface area contributed by atoms with E-state index in [9.17, 15) is 0 Å². The molecule has 0 bridgehead atoms. The van der Waals surface area contributed by atoms with E-state index in [1.54, 1.807) is 7.05 Å². The van der Waals surface area contributed by atoms with Crippen LogP contribution in [0.3, 0.4) is 0 Å². The lowest BCUT2D eigenvalue weighted by atomic mass is 10.1. The summed E-state index contributed by atoms with van der Waals surface area (Å²) < 4.78 is 0. The van der Waals surface area contributed by atoms with Gasteiger partial charge in [-0.15, -0.1) is 24.0 Å². The highest BCUT2D eigenvalue weighted by Gasteiger charge is 2.04. The summed E-state index contributed by atoms with van der Waals surface area (Å²) in [6, 6.07) is 14.5. The van der Waals surface area contributed by atoms with Gasteiger partial charge >= 0.3 is 0 Å². The fourth-order valence-corrected chi connectivity index (χ4v) is 2.48. The second-order valence-electron chi connectivity index (χ2n) is 5.93. The van der Waals surface area contributed by atoms with Gasteiger partial charge in [0.05, 0.1) is 0 Å². The number of nitrogens with zero attached hydrogens (tertiary/aromatic N) is 3. The van der Waals surface area contributed by atoms with Crippen molar-refractivity contribution in [2.24, 2.45) is 4.99 Å². The SMILES string of the molecule is CN=C(NCCc1ccccn1)NCc1ccccc1CN(C)C.I. The van der Waals surface area contributed by atoms with Gasteiger partial charge in [0.2, 0.25) is 0 Å². The lowest BCUT2D eigenvalue weighted by Gasteiger charge is -2.16. The van der Waals surface area contributed by atoms with Crippen LogP contribution < -0.4 is 10.6 Å². The van der Waals surface area contributed by atoms with Gasteiger partial charge in [-0.05, 0) is 37.4 Å². The van der Waals surface area contributed by atoms with E-state index >= 15 is 0 Å². The van der Waals surface area contributed by atoms with Crippen LogP contribution in [0.4, 0.5) is 0 Å². The maximum absolute atomic E-state index is 4.33. The summed E-state index contributed by atoms with van der Waals surface area (Å²) in [5.41, 5.74) is 3.70. The minimum Gasteiger partial charge on any atom is -0.356 e. The molecule has 2 N–H and O–H groups in total. The minimum absolute atomic E-state index is 0. The summed E-state index contributed by atoms with van der Waals surface area (Å²) >= 11 is 0. The third-order valence-corrected chi connectivity index (χ3v) is 3.67. The van der Waals surface area contributed by atoms with Gasteiger partial charge in [0, 0.05) is 45.0 Å². The van der Waals surface area contributed by atoms with Gasteiger partial charge in [-0.2, -0.15) is 0 Å². The summed E-state index contributed by atoms with van der Waals surface area (Å²) in [7, 11) is 5.96. The van der Waals surface area contributed by atoms with Crippen LogP contribution in [-0.2, 0) is 19.5 Å². The van der Waals surface area contributed by atoms with E-state index < -0.39 is 0 Å². The van der Waals surface area contributed by atoms with Crippen molar-refractivity contribution in [3.8, 4) is 0 Å². The summed E-state index contributed by atoms with van der Waals surface area (Å²) in [6.07, 6.45) is 2.70. The zero-order valence-electron chi connectivity index (χ0n) is 15.2. The molecule has 0 aliphatic heterocycles. The third kappa shape index (κ3) is 7.83. The number of benzene rings is 1. The van der Waals surface area contributed by atoms with E-state index in [0.717, 1.165) is 37.7 Å². The van der Waals surface area contributed by atoms with Crippen LogP contribution in [0.5, 0.6) is 0 Å². The highest BCUT2D eigenvalue weighted by molar-refractivity contribution is 14.0. The number of guanidine groups is 1. The molecule has 0 spiro atoms. The molecule has 1 heterocycles. The summed E-state index contributed by atoms with van der Waals surface area (Å²) in [5, 5.41) is 6.72. The first-order valence-corrected chi connectivity index (χ1v) is 8.25. The van der Waals surface area contributed by atoms with E-state index in [1.165, 1.54) is 11.1 Å². The highest BCUT2D eigenvalue weighted by Crippen LogP contribution is 2.10. The monoisotopic (exact) mass is 453 g/mol. The minimum atomic E-state index is 0. The van der Waals surface area contributed by atoms with Crippen LogP contribution in [0.15, 0.2) is 53.7 Å². The van der Waals surface area contributed by atoms with Crippen molar-refractivity contribution >= 4 is 29.9 Å². The Morgan fingerprint density at radius 1 is 1.04 bits per heavy atom. The number of aromatic nitrogens is 1. The Balaban J connectivity index is 0.00000312. The first kappa shape index (κ1) is 21.4. The van der Waals surface area contributed by atoms with E-state index in [2.05, 4.69) is 63.9 Å². The van der Waals surface area contributed by atoms with Crippen LogP contribution in [0.25, 0.3) is 0 Å². The summed E-state index contributed by atoms with van der Waals surface area (Å²) in [4.78, 5) is 10.8. The Morgan fingerprint density at radius 2 is 1.76 bits per heavy atom. The molecule has 1 aromatic heterocycles. The molecule has 25 heavy (non-hydrogen) atoms. The predicted molar refractivity (Wildman–Crippen MR) is 115 cm³/mol. The lowest BCUT2D eigenvalue weighted by Crippen LogP contribution is -2.38. The maximum atomic E-state index is 4.33. The number of hydrogen-bond acceptors (Lipinski definition) is 3. The molecule has 0 amide bonds. The largest absolute Gasteiger partial charge is 0.356 e. The van der Waals surface area contributed by atoms with E-state index in [0.29, 0.717) is 0 Å². The summed E-state index contributed by atoms with van der Waals surface area (Å²) in [6.45, 7) is 2.49. The third-order valence-electron chi connectivity index (χ3n) is 3.67. The molecule has 0 radical (unpaired) electrons. The lowest BCUT2D eigenvalue weighted by molar-refractivity contribution is 0.400. The molecule has 0 atom stereocenters. The van der Waals surface area contributed by atoms with Crippen molar-refractivity contribution in [1.29, 1.82) is 0 Å². The van der Waals surface area contributed by atoms with Crippen LogP contribution in [-0.4, -0.2) is 43.5 Å². The normalized spacial score (nSPS) is 11.1. The van der Waals surface area contributed by atoms with E-state index in [-0.39, 0.29) is 24.0 Å². The van der Waals surface area contributed by atoms with Crippen molar-refractivity contribution in [2.75, 3.05) is 27.7 Å². The molecule has 2 rings (SSSR count). The molecular formula is C19H28IN5. The Labute approximate surface area is 168 Å². The Hall–Kier alpha value is -1.67. The molecule has 0 aliphatic carbocycles. The average Bonchev–Trinajstić information content (AvgIpc) is 2.59. The molecule has 0 unspecified atom stereocenters. The van der Waals surface area contributed by atoms with Crippen LogP contribution in [0.1, 0.15) is 16.8 Å². The molecule has 0 fully saturated rings. The summed E-state index contributed by atoms with van der Waals surface area (Å²) in [5.74, 6) is 0.811. The Bertz CT molecular complexity index is 643. The molecule has 5 nitrogen and oxygen atoms in total. The first-order chi connectivity index (χ1) is 11.7. The van der Waals surface area contributed by atoms with Crippen molar-refractivity contribution in [3.63, 3.8) is 0 Å². The van der Waals surface area contributed by atoms with Gasteiger partial charge in [-0.25, -0.2) is 0 Å². The fourth-order valence-electron chi connectivity index (χ4n) is 2.48. The van der Waals surface area contributed by atoms with Crippen LogP contribution >= 0.6 is 24.0 Å². The molecule has 136 valence electrons. The number of rotatable bonds is 7. The molecule has 0 saturated heterocycles. The topological polar surface area (TPSA) is 52.6 Å². The zero-order chi connectivity index (χ0) is 17.2. The van der Waals surface area contributed by atoms with Crippen molar-refractivity contribution in [3.05, 3.63) is 65.5 Å². The van der Waals surface area contributed by atoms with Crippen molar-refractivity contribution in [1.82, 2.24) is 20.5 Å². The molecule has 2 aromatic rings. The zero-order valence-corrected chi connectivity index (χ0v) is 17.5. The molecule has 1 aromatic carbocycles. The van der Waals surface area contributed by atoms with Gasteiger partial charge in [-0.3, -0.25) is 9.98 Å². The van der Waals surface area contributed by atoms with Gasteiger partial charge in [0.1, 0.15) is 0 Å². The van der Waals surface area contributed by atoms with Gasteiger partial charge in [-0.1, -0.05) is 30.3 Å². The van der Waals surface area contributed by atoms with Crippen LogP contribution in [0, 0.1) is 0 Å². The first-order valence-electron chi connectivity index (χ1n) is 8.25. The van der Waals surface area contributed by atoms with E-state index in [4.69, 9.17) is 0 Å². The maximum Gasteiger partial charge on any atom is 0.191 e. The predicted octanol–water partition coefficient (Wildman–Crippen LogP) is 2.67. The second kappa shape index (κ2) is 11.8. The van der Waals surface area contributed by atoms with Gasteiger partial charge < -0.3 is 15.5 Å². The molecular weight excluding hydrogens is 425 g/mol.